The number of Topliss-reactive ketones (excluding diaryl/α,β-unsaturated/α-hetero) is 1. The van der Waals surface area contributed by atoms with E-state index in [0.717, 1.165) is 16.8 Å². The van der Waals surface area contributed by atoms with E-state index in [1.165, 1.54) is 16.9 Å². The lowest BCUT2D eigenvalue weighted by Gasteiger charge is -2.05. The highest BCUT2D eigenvalue weighted by Gasteiger charge is 2.15. The van der Waals surface area contributed by atoms with E-state index < -0.39 is 0 Å². The fourth-order valence-electron chi connectivity index (χ4n) is 3.20. The molecule has 146 valence electrons. The number of aromatic nitrogens is 3. The molecule has 4 aromatic rings. The molecule has 1 N–H and O–H groups in total. The van der Waals surface area contributed by atoms with Crippen LogP contribution in [0, 0.1) is 13.8 Å². The van der Waals surface area contributed by atoms with Crippen LogP contribution in [0.5, 0.6) is 0 Å². The number of fused-ring (bicyclic) bond motifs is 1. The molecule has 0 fully saturated rings. The molecule has 2 aromatic heterocycles. The molecular weight excluding hydrogens is 384 g/mol. The average Bonchev–Trinajstić information content (AvgIpc) is 3.27. The summed E-state index contributed by atoms with van der Waals surface area (Å²) in [6, 6.07) is 15.2. The highest BCUT2D eigenvalue weighted by atomic mass is 32.1. The summed E-state index contributed by atoms with van der Waals surface area (Å²) in [4.78, 5) is 29.5. The summed E-state index contributed by atoms with van der Waals surface area (Å²) < 4.78 is 1.74. The van der Waals surface area contributed by atoms with E-state index in [1.807, 2.05) is 23.6 Å². The second-order valence-corrected chi connectivity index (χ2v) is 7.74. The fourth-order valence-corrected chi connectivity index (χ4v) is 4.03. The maximum Gasteiger partial charge on any atom is 0.250 e. The number of anilines is 1. The van der Waals surface area contributed by atoms with Crippen LogP contribution in [-0.2, 0) is 4.79 Å². The molecular formula is C22H20N4O2S. The van der Waals surface area contributed by atoms with Crippen molar-refractivity contribution in [2.75, 3.05) is 5.32 Å². The van der Waals surface area contributed by atoms with E-state index in [1.54, 1.807) is 16.6 Å². The minimum absolute atomic E-state index is 0.0586. The molecule has 0 aliphatic heterocycles. The molecule has 6 nitrogen and oxygen atoms in total. The Hall–Kier alpha value is -3.32. The normalized spacial score (nSPS) is 11.0. The fraction of sp³-hybridized carbons (Fsp3) is 0.182. The molecule has 0 unspecified atom stereocenters. The number of hydrogen-bond donors (Lipinski definition) is 1. The topological polar surface area (TPSA) is 76.4 Å². The van der Waals surface area contributed by atoms with Gasteiger partial charge in [-0.15, -0.1) is 16.4 Å². The molecule has 2 aromatic carbocycles. The van der Waals surface area contributed by atoms with Crippen LogP contribution >= 0.6 is 11.3 Å². The number of aryl methyl sites for hydroxylation is 2. The van der Waals surface area contributed by atoms with Crippen LogP contribution < -0.4 is 5.32 Å². The first-order chi connectivity index (χ1) is 14.0. The lowest BCUT2D eigenvalue weighted by Crippen LogP contribution is -2.14. The molecule has 0 spiro atoms. The maximum absolute atomic E-state index is 12.2. The maximum atomic E-state index is 12.2. The van der Waals surface area contributed by atoms with Gasteiger partial charge >= 0.3 is 0 Å². The summed E-state index contributed by atoms with van der Waals surface area (Å²) in [7, 11) is 0. The zero-order valence-electron chi connectivity index (χ0n) is 16.2. The predicted octanol–water partition coefficient (Wildman–Crippen LogP) is 4.68. The lowest BCUT2D eigenvalue weighted by molar-refractivity contribution is -0.116. The SMILES string of the molecule is Cc1ccc(-c2csc3nc(NC(=O)CCC(=O)c4ccccc4)nn23)c(C)c1. The predicted molar refractivity (Wildman–Crippen MR) is 114 cm³/mol. The van der Waals surface area contributed by atoms with Gasteiger partial charge in [0.1, 0.15) is 0 Å². The Morgan fingerprint density at radius 2 is 1.86 bits per heavy atom. The van der Waals surface area contributed by atoms with E-state index in [9.17, 15) is 9.59 Å². The highest BCUT2D eigenvalue weighted by molar-refractivity contribution is 7.15. The third kappa shape index (κ3) is 4.09. The van der Waals surface area contributed by atoms with Crippen LogP contribution in [0.1, 0.15) is 34.3 Å². The van der Waals surface area contributed by atoms with Crippen molar-refractivity contribution in [3.8, 4) is 11.3 Å². The quantitative estimate of drug-likeness (QED) is 0.474. The van der Waals surface area contributed by atoms with Crippen molar-refractivity contribution in [3.63, 3.8) is 0 Å². The van der Waals surface area contributed by atoms with E-state index in [0.29, 0.717) is 10.5 Å². The van der Waals surface area contributed by atoms with Gasteiger partial charge in [-0.05, 0) is 19.4 Å². The number of thiazole rings is 1. The van der Waals surface area contributed by atoms with Gasteiger partial charge < -0.3 is 0 Å². The molecule has 2 heterocycles. The number of amides is 1. The largest absolute Gasteiger partial charge is 0.294 e. The molecule has 0 saturated carbocycles. The third-order valence-electron chi connectivity index (χ3n) is 4.67. The first kappa shape index (κ1) is 19.0. The second-order valence-electron chi connectivity index (χ2n) is 6.91. The number of nitrogens with zero attached hydrogens (tertiary/aromatic N) is 3. The number of carbonyl (C=O) groups is 2. The van der Waals surface area contributed by atoms with Crippen LogP contribution in [0.3, 0.4) is 0 Å². The number of carbonyl (C=O) groups excluding carboxylic acids is 2. The molecule has 0 aliphatic carbocycles. The molecule has 0 radical (unpaired) electrons. The molecule has 29 heavy (non-hydrogen) atoms. The Bertz CT molecular complexity index is 1190. The van der Waals surface area contributed by atoms with Gasteiger partial charge in [0.15, 0.2) is 5.78 Å². The number of hydrogen-bond acceptors (Lipinski definition) is 5. The van der Waals surface area contributed by atoms with Gasteiger partial charge in [-0.1, -0.05) is 54.1 Å². The lowest BCUT2D eigenvalue weighted by atomic mass is 10.0. The van der Waals surface area contributed by atoms with Gasteiger partial charge in [-0.3, -0.25) is 14.9 Å². The summed E-state index contributed by atoms with van der Waals surface area (Å²) >= 11 is 1.47. The average molecular weight is 404 g/mol. The summed E-state index contributed by atoms with van der Waals surface area (Å²) in [5.74, 6) is -0.0858. The zero-order valence-corrected chi connectivity index (χ0v) is 17.0. The van der Waals surface area contributed by atoms with Gasteiger partial charge in [0.05, 0.1) is 5.69 Å². The minimum atomic E-state index is -0.277. The molecule has 0 saturated heterocycles. The van der Waals surface area contributed by atoms with Crippen LogP contribution in [0.25, 0.3) is 16.2 Å². The van der Waals surface area contributed by atoms with Crippen LogP contribution in [-0.4, -0.2) is 26.3 Å². The first-order valence-corrected chi connectivity index (χ1v) is 10.2. The number of rotatable bonds is 6. The molecule has 1 amide bonds. The minimum Gasteiger partial charge on any atom is -0.294 e. The van der Waals surface area contributed by atoms with E-state index >= 15 is 0 Å². The van der Waals surface area contributed by atoms with Crippen LogP contribution in [0.4, 0.5) is 5.95 Å². The molecule has 0 aliphatic rings. The van der Waals surface area contributed by atoms with Crippen molar-refractivity contribution < 1.29 is 9.59 Å². The van der Waals surface area contributed by atoms with Crippen LogP contribution in [0.15, 0.2) is 53.9 Å². The number of ketones is 1. The van der Waals surface area contributed by atoms with E-state index in [2.05, 4.69) is 47.4 Å². The summed E-state index contributed by atoms with van der Waals surface area (Å²) in [6.45, 7) is 4.13. The number of nitrogens with one attached hydrogen (secondary N) is 1. The second kappa shape index (κ2) is 7.97. The smallest absolute Gasteiger partial charge is 0.250 e. The van der Waals surface area contributed by atoms with Crippen molar-refractivity contribution in [3.05, 3.63) is 70.6 Å². The summed E-state index contributed by atoms with van der Waals surface area (Å²) in [5, 5.41) is 9.15. The van der Waals surface area contributed by atoms with Gasteiger partial charge in [0, 0.05) is 29.3 Å². The van der Waals surface area contributed by atoms with Gasteiger partial charge in [-0.2, -0.15) is 4.98 Å². The zero-order chi connectivity index (χ0) is 20.4. The molecule has 0 atom stereocenters. The Kier molecular flexibility index (Phi) is 5.22. The third-order valence-corrected chi connectivity index (χ3v) is 5.48. The Balaban J connectivity index is 1.46. The number of benzene rings is 2. The van der Waals surface area contributed by atoms with Crippen molar-refractivity contribution in [2.24, 2.45) is 0 Å². The van der Waals surface area contributed by atoms with E-state index in [-0.39, 0.29) is 30.5 Å². The van der Waals surface area contributed by atoms with Gasteiger partial charge in [0.2, 0.25) is 16.8 Å². The van der Waals surface area contributed by atoms with Crippen molar-refractivity contribution in [2.45, 2.75) is 26.7 Å². The Morgan fingerprint density at radius 3 is 2.62 bits per heavy atom. The summed E-state index contributed by atoms with van der Waals surface area (Å²) in [5.41, 5.74) is 4.99. The Labute approximate surface area is 172 Å². The molecule has 7 heteroatoms. The van der Waals surface area contributed by atoms with Crippen molar-refractivity contribution in [1.29, 1.82) is 0 Å². The Morgan fingerprint density at radius 1 is 1.07 bits per heavy atom. The first-order valence-electron chi connectivity index (χ1n) is 9.31. The summed E-state index contributed by atoms with van der Waals surface area (Å²) in [6.07, 6.45) is 0.233. The molecule has 0 bridgehead atoms. The monoisotopic (exact) mass is 404 g/mol. The highest BCUT2D eigenvalue weighted by Crippen LogP contribution is 2.28. The van der Waals surface area contributed by atoms with Gasteiger partial charge in [0.25, 0.3) is 0 Å². The standard InChI is InChI=1S/C22H20N4O2S/c1-14-8-9-17(15(2)12-14)18-13-29-22-24-21(25-26(18)22)23-20(28)11-10-19(27)16-6-4-3-5-7-16/h3-9,12-13H,10-11H2,1-2H3,(H,23,25,28). The van der Waals surface area contributed by atoms with E-state index in [4.69, 9.17) is 0 Å². The van der Waals surface area contributed by atoms with Gasteiger partial charge in [-0.25, -0.2) is 4.52 Å². The van der Waals surface area contributed by atoms with Crippen molar-refractivity contribution >= 4 is 33.9 Å². The van der Waals surface area contributed by atoms with Crippen molar-refractivity contribution in [1.82, 2.24) is 14.6 Å². The molecule has 4 rings (SSSR count). The van der Waals surface area contributed by atoms with Crippen LogP contribution in [0.2, 0.25) is 0 Å².